The molecule has 0 bridgehead atoms. The normalized spacial score (nSPS) is 18.6. The summed E-state index contributed by atoms with van der Waals surface area (Å²) in [7, 11) is 0. The molecule has 0 radical (unpaired) electrons. The number of carbonyl (C=O) groups excluding carboxylic acids is 1. The van der Waals surface area contributed by atoms with Crippen molar-refractivity contribution in [2.45, 2.75) is 13.0 Å². The van der Waals surface area contributed by atoms with Gasteiger partial charge in [0.25, 0.3) is 0 Å². The highest BCUT2D eigenvalue weighted by Gasteiger charge is 2.22. The summed E-state index contributed by atoms with van der Waals surface area (Å²) in [6, 6.07) is 7.58. The number of hydrogen-bond acceptors (Lipinski definition) is 3. The van der Waals surface area contributed by atoms with Crippen molar-refractivity contribution in [3.63, 3.8) is 0 Å². The first-order valence-corrected chi connectivity index (χ1v) is 6.32. The Labute approximate surface area is 112 Å². The summed E-state index contributed by atoms with van der Waals surface area (Å²) in [6.45, 7) is 1.69. The molecule has 0 saturated carbocycles. The fraction of sp³-hybridized carbons (Fsp3) is 0.385. The largest absolute Gasteiger partial charge is 0.389 e. The first-order valence-electron chi connectivity index (χ1n) is 5.91. The predicted octanol–water partition coefficient (Wildman–Crippen LogP) is 0.973. The Hall–Kier alpha value is -1.46. The van der Waals surface area contributed by atoms with Crippen molar-refractivity contribution in [3.8, 4) is 0 Å². The topological polar surface area (TPSA) is 64.3 Å². The van der Waals surface area contributed by atoms with Gasteiger partial charge < -0.3 is 15.8 Å². The Morgan fingerprint density at radius 3 is 3.06 bits per heavy atom. The van der Waals surface area contributed by atoms with E-state index in [1.54, 1.807) is 0 Å². The summed E-state index contributed by atoms with van der Waals surface area (Å²) in [5.74, 6) is 0.0389. The van der Waals surface area contributed by atoms with Crippen LogP contribution in [0.5, 0.6) is 0 Å². The molecule has 0 spiro atoms. The van der Waals surface area contributed by atoms with Crippen LogP contribution >= 0.6 is 12.2 Å². The molecule has 1 aromatic carbocycles. The Morgan fingerprint density at radius 1 is 1.56 bits per heavy atom. The van der Waals surface area contributed by atoms with Crippen LogP contribution in [0, 0.1) is 5.92 Å². The molecule has 0 aliphatic carbocycles. The van der Waals surface area contributed by atoms with Gasteiger partial charge in [0.05, 0.1) is 12.5 Å². The molecule has 1 fully saturated rings. The van der Waals surface area contributed by atoms with Crippen LogP contribution in [-0.4, -0.2) is 24.1 Å². The molecule has 1 heterocycles. The van der Waals surface area contributed by atoms with Crippen molar-refractivity contribution < 1.29 is 9.53 Å². The molecular formula is C13H16N2O2S. The van der Waals surface area contributed by atoms with E-state index in [4.69, 9.17) is 22.7 Å². The number of rotatable bonds is 4. The zero-order valence-electron chi connectivity index (χ0n) is 10.0. The molecule has 1 amide bonds. The van der Waals surface area contributed by atoms with E-state index >= 15 is 0 Å². The average molecular weight is 264 g/mol. The smallest absolute Gasteiger partial charge is 0.225 e. The highest BCUT2D eigenvalue weighted by atomic mass is 32.1. The lowest BCUT2D eigenvalue weighted by Crippen LogP contribution is -2.30. The van der Waals surface area contributed by atoms with E-state index in [2.05, 4.69) is 5.32 Å². The molecule has 96 valence electrons. The molecule has 4 nitrogen and oxygen atoms in total. The summed E-state index contributed by atoms with van der Waals surface area (Å²) >= 11 is 4.92. The van der Waals surface area contributed by atoms with Crippen LogP contribution in [0.25, 0.3) is 0 Å². The van der Waals surface area contributed by atoms with Crippen molar-refractivity contribution >= 4 is 23.1 Å². The second kappa shape index (κ2) is 5.93. The number of carbonyl (C=O) groups is 1. The minimum atomic E-state index is -0.0104. The van der Waals surface area contributed by atoms with Crippen molar-refractivity contribution in [2.75, 3.05) is 13.2 Å². The van der Waals surface area contributed by atoms with Gasteiger partial charge in [-0.05, 0) is 18.1 Å². The van der Waals surface area contributed by atoms with Crippen LogP contribution < -0.4 is 11.1 Å². The number of nitrogens with two attached hydrogens (primary N) is 1. The monoisotopic (exact) mass is 264 g/mol. The van der Waals surface area contributed by atoms with Gasteiger partial charge in [0, 0.05) is 18.7 Å². The summed E-state index contributed by atoms with van der Waals surface area (Å²) in [5.41, 5.74) is 7.38. The van der Waals surface area contributed by atoms with Crippen molar-refractivity contribution in [1.82, 2.24) is 5.32 Å². The summed E-state index contributed by atoms with van der Waals surface area (Å²) in [6.07, 6.45) is 0.804. The maximum absolute atomic E-state index is 11.8. The van der Waals surface area contributed by atoms with E-state index in [1.165, 1.54) is 0 Å². The quantitative estimate of drug-likeness (QED) is 0.796. The predicted molar refractivity (Wildman–Crippen MR) is 73.1 cm³/mol. The van der Waals surface area contributed by atoms with Gasteiger partial charge in [-0.25, -0.2) is 0 Å². The molecule has 2 rings (SSSR count). The van der Waals surface area contributed by atoms with Crippen LogP contribution in [-0.2, 0) is 16.1 Å². The molecule has 1 saturated heterocycles. The van der Waals surface area contributed by atoms with E-state index in [-0.39, 0.29) is 11.8 Å². The summed E-state index contributed by atoms with van der Waals surface area (Å²) < 4.78 is 5.19. The lowest BCUT2D eigenvalue weighted by atomic mass is 10.1. The van der Waals surface area contributed by atoms with Gasteiger partial charge in [-0.15, -0.1) is 0 Å². The molecule has 1 aliphatic rings. The third-order valence-corrected chi connectivity index (χ3v) is 3.21. The summed E-state index contributed by atoms with van der Waals surface area (Å²) in [4.78, 5) is 12.2. The number of ether oxygens (including phenoxy) is 1. The van der Waals surface area contributed by atoms with Crippen LogP contribution in [0.15, 0.2) is 24.3 Å². The van der Waals surface area contributed by atoms with Gasteiger partial charge >= 0.3 is 0 Å². The third kappa shape index (κ3) is 3.27. The molecule has 18 heavy (non-hydrogen) atoms. The Kier molecular flexibility index (Phi) is 4.28. The minimum Gasteiger partial charge on any atom is -0.389 e. The van der Waals surface area contributed by atoms with Crippen LogP contribution in [0.1, 0.15) is 17.5 Å². The Morgan fingerprint density at radius 2 is 2.39 bits per heavy atom. The number of nitrogens with one attached hydrogen (secondary N) is 1. The SMILES string of the molecule is NC(=S)c1cccc(CNC(=O)C2CCOC2)c1. The van der Waals surface area contributed by atoms with E-state index in [9.17, 15) is 4.79 Å². The maximum Gasteiger partial charge on any atom is 0.225 e. The zero-order chi connectivity index (χ0) is 13.0. The van der Waals surface area contributed by atoms with Gasteiger partial charge in [0.1, 0.15) is 4.99 Å². The van der Waals surface area contributed by atoms with Gasteiger partial charge in [0.2, 0.25) is 5.91 Å². The Bertz CT molecular complexity index is 456. The number of amides is 1. The lowest BCUT2D eigenvalue weighted by molar-refractivity contribution is -0.125. The standard InChI is InChI=1S/C13H16N2O2S/c14-12(18)10-3-1-2-9(6-10)7-15-13(16)11-4-5-17-8-11/h1-3,6,11H,4-5,7-8H2,(H2,14,18)(H,15,16). The minimum absolute atomic E-state index is 0.0104. The highest BCUT2D eigenvalue weighted by molar-refractivity contribution is 7.80. The van der Waals surface area contributed by atoms with Gasteiger partial charge in [-0.1, -0.05) is 30.4 Å². The van der Waals surface area contributed by atoms with E-state index in [0.29, 0.717) is 24.7 Å². The lowest BCUT2D eigenvalue weighted by Gasteiger charge is -2.10. The van der Waals surface area contributed by atoms with E-state index < -0.39 is 0 Å². The first kappa shape index (κ1) is 13.0. The fourth-order valence-corrected chi connectivity index (χ4v) is 2.04. The number of hydrogen-bond donors (Lipinski definition) is 2. The van der Waals surface area contributed by atoms with Crippen LogP contribution in [0.2, 0.25) is 0 Å². The molecule has 1 aromatic rings. The molecule has 3 N–H and O–H groups in total. The molecule has 5 heteroatoms. The first-order chi connectivity index (χ1) is 8.66. The molecule has 1 atom stereocenters. The molecule has 1 aliphatic heterocycles. The Balaban J connectivity index is 1.91. The second-order valence-electron chi connectivity index (χ2n) is 4.34. The zero-order valence-corrected chi connectivity index (χ0v) is 10.8. The highest BCUT2D eigenvalue weighted by Crippen LogP contribution is 2.12. The van der Waals surface area contributed by atoms with Gasteiger partial charge in [-0.2, -0.15) is 0 Å². The van der Waals surface area contributed by atoms with Gasteiger partial charge in [-0.3, -0.25) is 4.79 Å². The molecule has 0 aromatic heterocycles. The number of benzene rings is 1. The van der Waals surface area contributed by atoms with Crippen molar-refractivity contribution in [2.24, 2.45) is 11.7 Å². The van der Waals surface area contributed by atoms with E-state index in [1.807, 2.05) is 24.3 Å². The average Bonchev–Trinajstić information content (AvgIpc) is 2.90. The number of thiocarbonyl (C=S) groups is 1. The second-order valence-corrected chi connectivity index (χ2v) is 4.78. The fourth-order valence-electron chi connectivity index (χ4n) is 1.91. The third-order valence-electron chi connectivity index (χ3n) is 2.98. The van der Waals surface area contributed by atoms with Crippen LogP contribution in [0.4, 0.5) is 0 Å². The van der Waals surface area contributed by atoms with Crippen molar-refractivity contribution in [1.29, 1.82) is 0 Å². The molecular weight excluding hydrogens is 248 g/mol. The van der Waals surface area contributed by atoms with Crippen LogP contribution in [0.3, 0.4) is 0 Å². The maximum atomic E-state index is 11.8. The van der Waals surface area contributed by atoms with E-state index in [0.717, 1.165) is 17.5 Å². The molecule has 1 unspecified atom stereocenters. The van der Waals surface area contributed by atoms with Crippen molar-refractivity contribution in [3.05, 3.63) is 35.4 Å². The van der Waals surface area contributed by atoms with Gasteiger partial charge in [0.15, 0.2) is 0 Å². The summed E-state index contributed by atoms with van der Waals surface area (Å²) in [5, 5.41) is 2.90.